The molecule has 0 N–H and O–H groups in total. The van der Waals surface area contributed by atoms with Crippen molar-refractivity contribution in [2.45, 2.75) is 13.8 Å². The summed E-state index contributed by atoms with van der Waals surface area (Å²) in [5, 5.41) is 0. The highest BCUT2D eigenvalue weighted by atomic mass is 15.0. The monoisotopic (exact) mass is 874 g/mol. The molecule has 0 saturated carbocycles. The molecule has 0 atom stereocenters. The van der Waals surface area contributed by atoms with Crippen molar-refractivity contribution in [3.05, 3.63) is 230 Å². The summed E-state index contributed by atoms with van der Waals surface area (Å²) >= 11 is 0. The first-order valence-corrected chi connectivity index (χ1v) is 22.5. The molecule has 8 heteroatoms. The summed E-state index contributed by atoms with van der Waals surface area (Å²) in [4.78, 5) is 39.5. The van der Waals surface area contributed by atoms with Gasteiger partial charge in [-0.05, 0) is 101 Å². The Labute approximate surface area is 394 Å². The second-order valence-electron chi connectivity index (χ2n) is 16.6. The van der Waals surface area contributed by atoms with E-state index in [0.717, 1.165) is 89.3 Å². The van der Waals surface area contributed by atoms with E-state index in [1.807, 2.05) is 129 Å². The molecule has 0 bridgehead atoms. The fourth-order valence-corrected chi connectivity index (χ4v) is 8.54. The van der Waals surface area contributed by atoms with Crippen LogP contribution in [0.15, 0.2) is 219 Å². The van der Waals surface area contributed by atoms with Gasteiger partial charge in [-0.3, -0.25) is 9.97 Å². The van der Waals surface area contributed by atoms with Crippen molar-refractivity contribution >= 4 is 0 Å². The largest absolute Gasteiger partial charge is 0.264 e. The quantitative estimate of drug-likeness (QED) is 0.134. The minimum Gasteiger partial charge on any atom is -0.264 e. The van der Waals surface area contributed by atoms with Crippen LogP contribution in [0.3, 0.4) is 0 Å². The Morgan fingerprint density at radius 3 is 1.03 bits per heavy atom. The zero-order chi connectivity index (χ0) is 45.8. The van der Waals surface area contributed by atoms with E-state index in [4.69, 9.17) is 34.9 Å². The Bertz CT molecular complexity index is 3500. The van der Waals surface area contributed by atoms with E-state index in [2.05, 4.69) is 102 Å². The molecular weight excluding hydrogens is 833 g/mol. The lowest BCUT2D eigenvalue weighted by atomic mass is 9.92. The lowest BCUT2D eigenvalue weighted by Crippen LogP contribution is -2.01. The van der Waals surface area contributed by atoms with Gasteiger partial charge in [0.25, 0.3) is 0 Å². The van der Waals surface area contributed by atoms with E-state index in [0.29, 0.717) is 34.9 Å². The number of hydrogen-bond donors (Lipinski definition) is 0. The molecule has 0 aliphatic heterocycles. The Hall–Kier alpha value is -9.14. The molecule has 322 valence electrons. The Morgan fingerprint density at radius 1 is 0.235 bits per heavy atom. The molecule has 8 nitrogen and oxygen atoms in total. The molecule has 11 rings (SSSR count). The van der Waals surface area contributed by atoms with Gasteiger partial charge in [-0.15, -0.1) is 0 Å². The highest BCUT2D eigenvalue weighted by Crippen LogP contribution is 2.37. The zero-order valence-corrected chi connectivity index (χ0v) is 37.4. The topological polar surface area (TPSA) is 103 Å². The third kappa shape index (κ3) is 8.82. The van der Waals surface area contributed by atoms with E-state index >= 15 is 0 Å². The van der Waals surface area contributed by atoms with Crippen molar-refractivity contribution in [3.63, 3.8) is 0 Å². The number of aromatic nitrogens is 8. The molecule has 4 aromatic heterocycles. The maximum Gasteiger partial charge on any atom is 0.164 e. The van der Waals surface area contributed by atoms with Gasteiger partial charge >= 0.3 is 0 Å². The van der Waals surface area contributed by atoms with Crippen LogP contribution in [0.5, 0.6) is 0 Å². The molecule has 0 radical (unpaired) electrons. The summed E-state index contributed by atoms with van der Waals surface area (Å²) in [7, 11) is 0. The second-order valence-corrected chi connectivity index (χ2v) is 16.6. The number of rotatable bonds is 10. The minimum absolute atomic E-state index is 0.572. The number of hydrogen-bond acceptors (Lipinski definition) is 8. The Morgan fingerprint density at radius 2 is 0.574 bits per heavy atom. The van der Waals surface area contributed by atoms with Crippen molar-refractivity contribution in [1.82, 2.24) is 39.9 Å². The lowest BCUT2D eigenvalue weighted by molar-refractivity contribution is 1.07. The van der Waals surface area contributed by atoms with E-state index in [-0.39, 0.29) is 0 Å². The number of pyridine rings is 2. The average Bonchev–Trinajstić information content (AvgIpc) is 3.41. The third-order valence-electron chi connectivity index (χ3n) is 11.8. The van der Waals surface area contributed by atoms with Gasteiger partial charge in [-0.1, -0.05) is 158 Å². The first-order valence-electron chi connectivity index (χ1n) is 22.5. The van der Waals surface area contributed by atoms with Crippen LogP contribution in [0.4, 0.5) is 0 Å². The maximum atomic E-state index is 5.19. The normalized spacial score (nSPS) is 11.1. The molecule has 0 saturated heterocycles. The van der Waals surface area contributed by atoms with Crippen molar-refractivity contribution in [1.29, 1.82) is 0 Å². The van der Waals surface area contributed by atoms with Crippen molar-refractivity contribution < 1.29 is 0 Å². The highest BCUT2D eigenvalue weighted by Gasteiger charge is 2.18. The summed E-state index contributed by atoms with van der Waals surface area (Å²) in [5.41, 5.74) is 15.5. The first-order chi connectivity index (χ1) is 33.5. The zero-order valence-electron chi connectivity index (χ0n) is 37.4. The van der Waals surface area contributed by atoms with Crippen LogP contribution in [0, 0.1) is 13.8 Å². The molecule has 0 amide bonds. The smallest absolute Gasteiger partial charge is 0.164 e. The first kappa shape index (κ1) is 41.6. The Kier molecular flexibility index (Phi) is 11.2. The number of aryl methyl sites for hydroxylation is 2. The predicted octanol–water partition coefficient (Wildman–Crippen LogP) is 14.1. The van der Waals surface area contributed by atoms with Crippen molar-refractivity contribution in [2.24, 2.45) is 0 Å². The minimum atomic E-state index is 0.572. The van der Waals surface area contributed by atoms with Crippen LogP contribution >= 0.6 is 0 Å². The van der Waals surface area contributed by atoms with E-state index in [1.54, 1.807) is 6.20 Å². The molecule has 7 aromatic carbocycles. The number of nitrogens with zero attached hydrogens (tertiary/aromatic N) is 8. The fraction of sp³-hybridized carbons (Fsp3) is 0.0333. The predicted molar refractivity (Wildman–Crippen MR) is 273 cm³/mol. The van der Waals surface area contributed by atoms with Crippen LogP contribution in [-0.4, -0.2) is 39.9 Å². The Balaban J connectivity index is 1.04. The average molecular weight is 875 g/mol. The molecular formula is C60H42N8. The van der Waals surface area contributed by atoms with Crippen LogP contribution in [0.2, 0.25) is 0 Å². The molecule has 0 aliphatic rings. The summed E-state index contributed by atoms with van der Waals surface area (Å²) in [6.45, 7) is 4.08. The molecule has 0 aliphatic carbocycles. The summed E-state index contributed by atoms with van der Waals surface area (Å²) in [6, 6.07) is 70.3. The standard InChI is InChI=1S/C60H42N8/c1-39-31-49(32-40(2)62-39)52-36-50(44-23-14-25-46(33-44)58-64-55(41-17-6-3-7-18-41)63-56(65-58)42-19-8-4-9-20-42)35-51(37-52)45-24-15-26-47(34-45)59-66-57(43-21-10-5-11-22-43)67-60(68-59)54-29-13-12-28-53(54)48-27-16-30-61-38-48/h3-38H,1-2H3. The lowest BCUT2D eigenvalue weighted by Gasteiger charge is -2.14. The molecule has 4 heterocycles. The van der Waals surface area contributed by atoms with Gasteiger partial charge in [0.05, 0.1) is 0 Å². The molecule has 0 spiro atoms. The van der Waals surface area contributed by atoms with Gasteiger partial charge in [0.1, 0.15) is 0 Å². The number of benzene rings is 7. The molecule has 68 heavy (non-hydrogen) atoms. The molecule has 0 fully saturated rings. The van der Waals surface area contributed by atoms with Crippen LogP contribution < -0.4 is 0 Å². The van der Waals surface area contributed by atoms with E-state index in [9.17, 15) is 0 Å². The summed E-state index contributed by atoms with van der Waals surface area (Å²) in [5.74, 6) is 3.57. The molecule has 11 aromatic rings. The third-order valence-corrected chi connectivity index (χ3v) is 11.8. The highest BCUT2D eigenvalue weighted by molar-refractivity contribution is 5.85. The second kappa shape index (κ2) is 18.4. The molecule has 0 unspecified atom stereocenters. The summed E-state index contributed by atoms with van der Waals surface area (Å²) in [6.07, 6.45) is 3.65. The van der Waals surface area contributed by atoms with Gasteiger partial charge in [0.2, 0.25) is 0 Å². The van der Waals surface area contributed by atoms with Gasteiger partial charge in [0, 0.05) is 62.7 Å². The SMILES string of the molecule is Cc1cc(-c2cc(-c3cccc(-c4nc(-c5ccccc5)nc(-c5ccccc5)n4)c3)cc(-c3cccc(-c4nc(-c5ccccc5)nc(-c5ccccc5-c5cccnc5)n4)c3)c2)cc(C)n1. The van der Waals surface area contributed by atoms with E-state index in [1.165, 1.54) is 0 Å². The van der Waals surface area contributed by atoms with Crippen LogP contribution in [0.1, 0.15) is 11.4 Å². The van der Waals surface area contributed by atoms with Crippen LogP contribution in [0.25, 0.3) is 113 Å². The summed E-state index contributed by atoms with van der Waals surface area (Å²) < 4.78 is 0. The van der Waals surface area contributed by atoms with Gasteiger partial charge in [-0.25, -0.2) is 29.9 Å². The fourth-order valence-electron chi connectivity index (χ4n) is 8.54. The van der Waals surface area contributed by atoms with Gasteiger partial charge in [-0.2, -0.15) is 0 Å². The van der Waals surface area contributed by atoms with E-state index < -0.39 is 0 Å². The van der Waals surface area contributed by atoms with Crippen LogP contribution in [-0.2, 0) is 0 Å². The van der Waals surface area contributed by atoms with Crippen molar-refractivity contribution in [3.8, 4) is 113 Å². The maximum absolute atomic E-state index is 5.19. The van der Waals surface area contributed by atoms with Gasteiger partial charge in [0.15, 0.2) is 34.9 Å². The van der Waals surface area contributed by atoms with Crippen molar-refractivity contribution in [2.75, 3.05) is 0 Å². The van der Waals surface area contributed by atoms with Gasteiger partial charge < -0.3 is 0 Å².